The second-order valence-corrected chi connectivity index (χ2v) is 7.24. The third-order valence-electron chi connectivity index (χ3n) is 4.97. The van der Waals surface area contributed by atoms with Crippen molar-refractivity contribution < 1.29 is 14.6 Å². The van der Waals surface area contributed by atoms with Gasteiger partial charge in [0, 0.05) is 35.6 Å². The number of anilines is 2. The number of hydrogen-bond acceptors (Lipinski definition) is 4. The molecular formula is C23H23N5O3. The Balaban J connectivity index is 1.71. The van der Waals surface area contributed by atoms with Crippen LogP contribution in [0, 0.1) is 0 Å². The molecule has 0 atom stereocenters. The number of aliphatic imine (C=N–C) groups is 3. The number of benzene rings is 2. The summed E-state index contributed by atoms with van der Waals surface area (Å²) < 4.78 is 5.27. The Kier molecular flexibility index (Phi) is 5.53. The fraction of sp³-hybridized carbons (Fsp3) is 0.217. The summed E-state index contributed by atoms with van der Waals surface area (Å²) in [5.74, 6) is 0.686. The summed E-state index contributed by atoms with van der Waals surface area (Å²) in [5, 5.41) is 15.8. The largest absolute Gasteiger partial charge is 0.497 e. The van der Waals surface area contributed by atoms with Crippen LogP contribution >= 0.6 is 0 Å². The first-order valence-electron chi connectivity index (χ1n) is 9.87. The molecule has 0 amide bonds. The number of methoxy groups -OCH3 is 1. The van der Waals surface area contributed by atoms with Crippen LogP contribution in [0.4, 0.5) is 11.4 Å². The maximum absolute atomic E-state index is 11.4. The lowest BCUT2D eigenvalue weighted by Crippen LogP contribution is -2.31. The molecule has 1 heterocycles. The van der Waals surface area contributed by atoms with Crippen molar-refractivity contribution in [1.29, 1.82) is 0 Å². The van der Waals surface area contributed by atoms with Gasteiger partial charge in [0.15, 0.2) is 5.84 Å². The van der Waals surface area contributed by atoms with Crippen LogP contribution in [0.25, 0.3) is 5.57 Å². The molecule has 0 unspecified atom stereocenters. The van der Waals surface area contributed by atoms with Gasteiger partial charge in [0.1, 0.15) is 11.5 Å². The van der Waals surface area contributed by atoms with E-state index in [2.05, 4.69) is 22.2 Å². The molecule has 2 aromatic carbocycles. The Bertz CT molecular complexity index is 1150. The van der Waals surface area contributed by atoms with Gasteiger partial charge in [0.2, 0.25) is 5.96 Å². The molecule has 31 heavy (non-hydrogen) atoms. The van der Waals surface area contributed by atoms with Gasteiger partial charge < -0.3 is 20.5 Å². The summed E-state index contributed by atoms with van der Waals surface area (Å²) in [6.07, 6.45) is 2.04. The highest BCUT2D eigenvalue weighted by Gasteiger charge is 2.29. The van der Waals surface area contributed by atoms with Gasteiger partial charge in [0.05, 0.1) is 18.7 Å². The second kappa shape index (κ2) is 8.43. The zero-order valence-electron chi connectivity index (χ0n) is 17.3. The van der Waals surface area contributed by atoms with Gasteiger partial charge in [-0.25, -0.2) is 9.79 Å². The third kappa shape index (κ3) is 4.48. The zero-order valence-corrected chi connectivity index (χ0v) is 17.3. The topological polar surface area (TPSA) is 108 Å². The first-order chi connectivity index (χ1) is 15.0. The van der Waals surface area contributed by atoms with E-state index in [9.17, 15) is 9.90 Å². The lowest BCUT2D eigenvalue weighted by Gasteiger charge is -2.24. The van der Waals surface area contributed by atoms with Gasteiger partial charge in [-0.05, 0) is 37.1 Å². The summed E-state index contributed by atoms with van der Waals surface area (Å²) in [4.78, 5) is 25.1. The van der Waals surface area contributed by atoms with Gasteiger partial charge in [-0.2, -0.15) is 0 Å². The molecule has 0 aromatic heterocycles. The lowest BCUT2D eigenvalue weighted by molar-refractivity contribution is 0.0697. The van der Waals surface area contributed by atoms with Crippen molar-refractivity contribution in [2.45, 2.75) is 18.9 Å². The Morgan fingerprint density at radius 2 is 2.06 bits per heavy atom. The molecule has 8 heteroatoms. The summed E-state index contributed by atoms with van der Waals surface area (Å²) in [7, 11) is 3.26. The van der Waals surface area contributed by atoms with Crippen molar-refractivity contribution in [3.63, 3.8) is 0 Å². The van der Waals surface area contributed by atoms with Crippen molar-refractivity contribution in [1.82, 2.24) is 0 Å². The molecule has 3 N–H and O–H groups in total. The molecule has 8 nitrogen and oxygen atoms in total. The van der Waals surface area contributed by atoms with Gasteiger partial charge in [0.25, 0.3) is 0 Å². The highest BCUT2D eigenvalue weighted by molar-refractivity contribution is 6.63. The van der Waals surface area contributed by atoms with Crippen LogP contribution in [0.5, 0.6) is 5.75 Å². The summed E-state index contributed by atoms with van der Waals surface area (Å²) in [6, 6.07) is 12.6. The van der Waals surface area contributed by atoms with E-state index in [4.69, 9.17) is 14.7 Å². The number of aromatic carboxylic acids is 1. The fourth-order valence-corrected chi connectivity index (χ4v) is 3.17. The van der Waals surface area contributed by atoms with Crippen LogP contribution in [-0.2, 0) is 0 Å². The first-order valence-corrected chi connectivity index (χ1v) is 9.87. The van der Waals surface area contributed by atoms with Crippen LogP contribution in [-0.4, -0.2) is 48.8 Å². The van der Waals surface area contributed by atoms with E-state index in [0.717, 1.165) is 29.8 Å². The van der Waals surface area contributed by atoms with E-state index in [1.807, 2.05) is 24.3 Å². The standard InChI is InChI=1S/C23H23N5O3/c1-13-18-10-7-14(22(29)30)11-19(18)27-21(25-15-8-9-15)20(13)28-23(24-2)26-16-5-4-6-17(12-16)31-3/h4-7,10-12,15H,1,8-9H2,2-3H3,(H,24,26)(H,25,27)(H,29,30). The highest BCUT2D eigenvalue weighted by atomic mass is 16.5. The molecule has 1 fully saturated rings. The molecular weight excluding hydrogens is 394 g/mol. The number of carbonyl (C=O) groups is 1. The monoisotopic (exact) mass is 417 g/mol. The number of hydrogen-bond donors (Lipinski definition) is 3. The number of nitrogens with one attached hydrogen (secondary N) is 2. The molecule has 158 valence electrons. The van der Waals surface area contributed by atoms with Gasteiger partial charge in [-0.15, -0.1) is 0 Å². The van der Waals surface area contributed by atoms with E-state index in [-0.39, 0.29) is 11.6 Å². The van der Waals surface area contributed by atoms with Crippen LogP contribution in [0.3, 0.4) is 0 Å². The van der Waals surface area contributed by atoms with E-state index in [1.54, 1.807) is 32.4 Å². The Morgan fingerprint density at radius 1 is 1.26 bits per heavy atom. The first kappa shape index (κ1) is 20.3. The van der Waals surface area contributed by atoms with Crippen molar-refractivity contribution in [2.24, 2.45) is 15.0 Å². The fourth-order valence-electron chi connectivity index (χ4n) is 3.17. The number of rotatable bonds is 4. The van der Waals surface area contributed by atoms with Crippen LogP contribution in [0.15, 0.2) is 64.0 Å². The van der Waals surface area contributed by atoms with Gasteiger partial charge >= 0.3 is 5.97 Å². The number of nitrogens with zero attached hydrogens (tertiary/aromatic N) is 3. The lowest BCUT2D eigenvalue weighted by atomic mass is 9.94. The van der Waals surface area contributed by atoms with Crippen molar-refractivity contribution in [3.05, 3.63) is 60.2 Å². The van der Waals surface area contributed by atoms with E-state index >= 15 is 0 Å². The Labute approximate surface area is 180 Å². The number of carboxylic acids is 1. The Morgan fingerprint density at radius 3 is 2.74 bits per heavy atom. The number of guanidine groups is 1. The predicted octanol–water partition coefficient (Wildman–Crippen LogP) is 3.93. The van der Waals surface area contributed by atoms with Gasteiger partial charge in [-0.3, -0.25) is 9.98 Å². The Hall–Kier alpha value is -3.94. The average molecular weight is 417 g/mol. The molecule has 1 aliphatic carbocycles. The second-order valence-electron chi connectivity index (χ2n) is 7.24. The molecule has 1 aliphatic heterocycles. The summed E-state index contributed by atoms with van der Waals surface area (Å²) in [6.45, 7) is 4.21. The molecule has 1 saturated carbocycles. The quantitative estimate of drug-likeness (QED) is 0.516. The molecule has 2 aromatic rings. The maximum Gasteiger partial charge on any atom is 0.335 e. The minimum absolute atomic E-state index is 0.195. The number of fused-ring (bicyclic) bond motifs is 1. The third-order valence-corrected chi connectivity index (χ3v) is 4.97. The minimum atomic E-state index is -0.988. The molecule has 4 rings (SSSR count). The number of amidine groups is 1. The molecule has 0 bridgehead atoms. The normalized spacial score (nSPS) is 18.5. The molecule has 0 saturated heterocycles. The zero-order chi connectivity index (χ0) is 22.0. The van der Waals surface area contributed by atoms with Crippen LogP contribution in [0.2, 0.25) is 0 Å². The van der Waals surface area contributed by atoms with Crippen molar-refractivity contribution >= 4 is 40.4 Å². The maximum atomic E-state index is 11.4. The van der Waals surface area contributed by atoms with Crippen LogP contribution in [0.1, 0.15) is 28.8 Å². The predicted molar refractivity (Wildman–Crippen MR) is 124 cm³/mol. The molecule has 0 spiro atoms. The SMILES string of the molecule is C=C1C(=NC(=NC)Nc2cccc(OC)c2)C(=NC2CC2)Nc2cc(C(=O)O)ccc21. The number of carboxylic acid groups (broad SMARTS) is 1. The number of ether oxygens (including phenoxy) is 1. The van der Waals surface area contributed by atoms with E-state index < -0.39 is 5.97 Å². The van der Waals surface area contributed by atoms with Gasteiger partial charge in [-0.1, -0.05) is 18.7 Å². The average Bonchev–Trinajstić information content (AvgIpc) is 3.59. The molecule has 0 radical (unpaired) electrons. The van der Waals surface area contributed by atoms with Crippen LogP contribution < -0.4 is 15.4 Å². The summed E-state index contributed by atoms with van der Waals surface area (Å²) >= 11 is 0. The van der Waals surface area contributed by atoms with E-state index in [1.165, 1.54) is 0 Å². The minimum Gasteiger partial charge on any atom is -0.497 e. The smallest absolute Gasteiger partial charge is 0.335 e. The summed E-state index contributed by atoms with van der Waals surface area (Å²) in [5.41, 5.74) is 3.62. The highest BCUT2D eigenvalue weighted by Crippen LogP contribution is 2.32. The van der Waals surface area contributed by atoms with Crippen molar-refractivity contribution in [2.75, 3.05) is 24.8 Å². The van der Waals surface area contributed by atoms with E-state index in [0.29, 0.717) is 28.8 Å². The van der Waals surface area contributed by atoms with Crippen molar-refractivity contribution in [3.8, 4) is 5.75 Å². The molecule has 2 aliphatic rings.